The summed E-state index contributed by atoms with van der Waals surface area (Å²) in [4.78, 5) is 17.6. The molecule has 0 atom stereocenters. The number of nitrogens with zero attached hydrogens (tertiary/aromatic N) is 4. The lowest BCUT2D eigenvalue weighted by molar-refractivity contribution is 0.630. The number of anilines is 6. The Morgan fingerprint density at radius 2 is 1.39 bits per heavy atom. The fourth-order valence-corrected chi connectivity index (χ4v) is 4.67. The quantitative estimate of drug-likeness (QED) is 0.139. The average molecular weight is 582 g/mol. The number of rotatable bonds is 6. The molecule has 190 valence electrons. The summed E-state index contributed by atoms with van der Waals surface area (Å²) in [5.74, 6) is 0.0905. The molecule has 0 amide bonds. The standard InChI is InChI=1S/C24H17ClFN9S3/c25-15-8-4-5-9-16(15)28-23(37)34-20-30-19(33-22(36)27-14-6-2-1-3-7-14)31-21(32-20)35-24-29-17-11-10-13(26)12-18(17)38-24/h1-12H,(H5,27,28,29,30,31,32,33,34,35,36,37). The van der Waals surface area contributed by atoms with Crippen molar-refractivity contribution in [2.45, 2.75) is 0 Å². The van der Waals surface area contributed by atoms with Gasteiger partial charge in [-0.05, 0) is 66.9 Å². The minimum absolute atomic E-state index is 0.129. The van der Waals surface area contributed by atoms with Gasteiger partial charge in [-0.1, -0.05) is 53.3 Å². The molecule has 3 aromatic carbocycles. The number of halogens is 2. The Bertz CT molecular complexity index is 1630. The largest absolute Gasteiger partial charge is 0.332 e. The van der Waals surface area contributed by atoms with Gasteiger partial charge in [0.25, 0.3) is 0 Å². The highest BCUT2D eigenvalue weighted by atomic mass is 35.5. The number of thiazole rings is 1. The molecule has 9 nitrogen and oxygen atoms in total. The SMILES string of the molecule is Fc1ccc2nc(Nc3nc(NC(=S)Nc4ccccc4)nc(NC(=S)Nc4ccccc4Cl)n3)sc2c1. The van der Waals surface area contributed by atoms with E-state index in [2.05, 4.69) is 46.5 Å². The average Bonchev–Trinajstić information content (AvgIpc) is 3.27. The topological polar surface area (TPSA) is 112 Å². The van der Waals surface area contributed by atoms with Crippen molar-refractivity contribution in [3.05, 3.63) is 83.6 Å². The Balaban J connectivity index is 1.38. The molecule has 0 bridgehead atoms. The van der Waals surface area contributed by atoms with Crippen LogP contribution < -0.4 is 26.6 Å². The van der Waals surface area contributed by atoms with Crippen LogP contribution >= 0.6 is 47.4 Å². The molecule has 2 aromatic heterocycles. The summed E-state index contributed by atoms with van der Waals surface area (Å²) in [6.07, 6.45) is 0. The van der Waals surface area contributed by atoms with Gasteiger partial charge in [0.1, 0.15) is 5.82 Å². The first-order chi connectivity index (χ1) is 18.4. The Hall–Kier alpha value is -4.04. The van der Waals surface area contributed by atoms with E-state index in [0.29, 0.717) is 26.1 Å². The zero-order valence-corrected chi connectivity index (χ0v) is 22.4. The van der Waals surface area contributed by atoms with Gasteiger partial charge in [-0.15, -0.1) is 0 Å². The van der Waals surface area contributed by atoms with E-state index in [4.69, 9.17) is 36.0 Å². The highest BCUT2D eigenvalue weighted by Gasteiger charge is 2.13. The lowest BCUT2D eigenvalue weighted by Gasteiger charge is -2.13. The number of thiocarbonyl (C=S) groups is 2. The van der Waals surface area contributed by atoms with Gasteiger partial charge in [0, 0.05) is 5.69 Å². The van der Waals surface area contributed by atoms with Gasteiger partial charge in [0.2, 0.25) is 17.8 Å². The fourth-order valence-electron chi connectivity index (χ4n) is 3.19. The molecule has 0 aliphatic rings. The monoisotopic (exact) mass is 581 g/mol. The van der Waals surface area contributed by atoms with Gasteiger partial charge >= 0.3 is 0 Å². The molecule has 0 unspecified atom stereocenters. The first-order valence-corrected chi connectivity index (χ1v) is 13.0. The van der Waals surface area contributed by atoms with Crippen LogP contribution in [0.4, 0.5) is 38.7 Å². The highest BCUT2D eigenvalue weighted by Crippen LogP contribution is 2.28. The van der Waals surface area contributed by atoms with Crippen molar-refractivity contribution in [1.29, 1.82) is 0 Å². The molecule has 14 heteroatoms. The van der Waals surface area contributed by atoms with Gasteiger partial charge in [0.15, 0.2) is 15.4 Å². The third kappa shape index (κ3) is 6.63. The van der Waals surface area contributed by atoms with Gasteiger partial charge in [0.05, 0.1) is 20.9 Å². The van der Waals surface area contributed by atoms with Crippen LogP contribution in [-0.4, -0.2) is 30.2 Å². The molecule has 0 saturated heterocycles. The molecule has 0 radical (unpaired) electrons. The normalized spacial score (nSPS) is 10.6. The maximum Gasteiger partial charge on any atom is 0.235 e. The number of hydrogen-bond donors (Lipinski definition) is 5. The van der Waals surface area contributed by atoms with Crippen molar-refractivity contribution >= 4 is 102 Å². The minimum atomic E-state index is -0.343. The molecular weight excluding hydrogens is 565 g/mol. The predicted molar refractivity (Wildman–Crippen MR) is 160 cm³/mol. The van der Waals surface area contributed by atoms with Crippen LogP contribution in [0.15, 0.2) is 72.8 Å². The number of para-hydroxylation sites is 2. The number of benzene rings is 3. The molecule has 0 fully saturated rings. The summed E-state index contributed by atoms with van der Waals surface area (Å²) >= 11 is 18.3. The summed E-state index contributed by atoms with van der Waals surface area (Å²) in [7, 11) is 0. The summed E-state index contributed by atoms with van der Waals surface area (Å²) in [5, 5.41) is 16.4. The van der Waals surface area contributed by atoms with E-state index in [1.165, 1.54) is 23.5 Å². The maximum atomic E-state index is 13.6. The molecule has 5 N–H and O–H groups in total. The van der Waals surface area contributed by atoms with E-state index in [-0.39, 0.29) is 33.9 Å². The van der Waals surface area contributed by atoms with Crippen LogP contribution in [0, 0.1) is 5.82 Å². The third-order valence-electron chi connectivity index (χ3n) is 4.81. The summed E-state index contributed by atoms with van der Waals surface area (Å²) in [6, 6.07) is 21.0. The number of nitrogens with one attached hydrogen (secondary N) is 5. The van der Waals surface area contributed by atoms with Crippen molar-refractivity contribution in [3.63, 3.8) is 0 Å². The second kappa shape index (κ2) is 11.6. The van der Waals surface area contributed by atoms with Crippen molar-refractivity contribution < 1.29 is 4.39 Å². The first-order valence-electron chi connectivity index (χ1n) is 11.0. The van der Waals surface area contributed by atoms with Crippen molar-refractivity contribution in [2.24, 2.45) is 0 Å². The maximum absolute atomic E-state index is 13.6. The van der Waals surface area contributed by atoms with Crippen molar-refractivity contribution in [2.75, 3.05) is 26.6 Å². The van der Waals surface area contributed by atoms with E-state index in [0.717, 1.165) is 5.69 Å². The summed E-state index contributed by atoms with van der Waals surface area (Å²) < 4.78 is 14.3. The summed E-state index contributed by atoms with van der Waals surface area (Å²) in [5.41, 5.74) is 2.05. The molecule has 5 aromatic rings. The van der Waals surface area contributed by atoms with Gasteiger partial charge in [-0.3, -0.25) is 5.32 Å². The smallest absolute Gasteiger partial charge is 0.235 e. The highest BCUT2D eigenvalue weighted by molar-refractivity contribution is 7.81. The fraction of sp³-hybridized carbons (Fsp3) is 0. The Morgan fingerprint density at radius 1 is 0.737 bits per heavy atom. The van der Waals surface area contributed by atoms with E-state index in [1.807, 2.05) is 42.5 Å². The zero-order valence-electron chi connectivity index (χ0n) is 19.2. The molecule has 5 rings (SSSR count). The van der Waals surface area contributed by atoms with Gasteiger partial charge < -0.3 is 21.3 Å². The van der Waals surface area contributed by atoms with Crippen LogP contribution in [0.5, 0.6) is 0 Å². The van der Waals surface area contributed by atoms with Gasteiger partial charge in [-0.25, -0.2) is 9.37 Å². The van der Waals surface area contributed by atoms with E-state index in [1.54, 1.807) is 18.2 Å². The first kappa shape index (κ1) is 25.6. The van der Waals surface area contributed by atoms with E-state index < -0.39 is 0 Å². The molecule has 38 heavy (non-hydrogen) atoms. The van der Waals surface area contributed by atoms with E-state index >= 15 is 0 Å². The van der Waals surface area contributed by atoms with Crippen LogP contribution in [0.25, 0.3) is 10.2 Å². The van der Waals surface area contributed by atoms with E-state index in [9.17, 15) is 4.39 Å². The second-order valence-electron chi connectivity index (χ2n) is 7.57. The lowest BCUT2D eigenvalue weighted by atomic mass is 10.3. The Morgan fingerprint density at radius 3 is 2.13 bits per heavy atom. The molecule has 0 spiro atoms. The molecule has 0 aliphatic carbocycles. The van der Waals surface area contributed by atoms with Crippen LogP contribution in [0.1, 0.15) is 0 Å². The number of fused-ring (bicyclic) bond motifs is 1. The third-order valence-corrected chi connectivity index (χ3v) is 6.48. The van der Waals surface area contributed by atoms with Gasteiger partial charge in [-0.2, -0.15) is 15.0 Å². The number of hydrogen-bond acceptors (Lipinski definition) is 8. The minimum Gasteiger partial charge on any atom is -0.332 e. The Kier molecular flexibility index (Phi) is 7.79. The molecule has 0 saturated carbocycles. The Labute approximate surface area is 235 Å². The van der Waals surface area contributed by atoms with Crippen LogP contribution in [-0.2, 0) is 0 Å². The lowest BCUT2D eigenvalue weighted by Crippen LogP contribution is -2.24. The summed E-state index contributed by atoms with van der Waals surface area (Å²) in [6.45, 7) is 0. The zero-order chi connectivity index (χ0) is 26.5. The number of aromatic nitrogens is 4. The molecular formula is C24H17ClFN9S3. The van der Waals surface area contributed by atoms with Crippen LogP contribution in [0.3, 0.4) is 0 Å². The molecule has 0 aliphatic heterocycles. The second-order valence-corrected chi connectivity index (χ2v) is 9.82. The van der Waals surface area contributed by atoms with Crippen LogP contribution in [0.2, 0.25) is 5.02 Å². The van der Waals surface area contributed by atoms with Crippen molar-refractivity contribution in [1.82, 2.24) is 19.9 Å². The molecule has 2 heterocycles. The predicted octanol–water partition coefficient (Wildman–Crippen LogP) is 6.64. The van der Waals surface area contributed by atoms with Crippen molar-refractivity contribution in [3.8, 4) is 0 Å².